The molecule has 0 saturated carbocycles. The number of piperidine rings is 1. The van der Waals surface area contributed by atoms with Gasteiger partial charge in [-0.25, -0.2) is 0 Å². The van der Waals surface area contributed by atoms with E-state index < -0.39 is 8.03 Å². The summed E-state index contributed by atoms with van der Waals surface area (Å²) in [6.45, 7) is 1.16. The Morgan fingerprint density at radius 3 is 2.70 bits per heavy atom. The van der Waals surface area contributed by atoms with E-state index in [1.165, 1.54) is 18.4 Å². The van der Waals surface area contributed by atoms with Crippen molar-refractivity contribution in [1.29, 1.82) is 0 Å². The van der Waals surface area contributed by atoms with Gasteiger partial charge >= 0.3 is 8.03 Å². The fourth-order valence-corrected chi connectivity index (χ4v) is 3.61. The summed E-state index contributed by atoms with van der Waals surface area (Å²) in [6.07, 6.45) is 1.26. The molecule has 0 aliphatic carbocycles. The summed E-state index contributed by atoms with van der Waals surface area (Å²) in [5, 5.41) is 1.88. The molecule has 0 aromatic carbocycles. The second-order valence-corrected chi connectivity index (χ2v) is 6.98. The Hall–Kier alpha value is -1.10. The molecule has 108 valence electrons. The molecule has 1 fully saturated rings. The van der Waals surface area contributed by atoms with Crippen molar-refractivity contribution in [2.24, 2.45) is 5.92 Å². The first-order valence-corrected chi connectivity index (χ1v) is 8.70. The van der Waals surface area contributed by atoms with E-state index in [2.05, 4.69) is 4.52 Å². The van der Waals surface area contributed by atoms with Gasteiger partial charge in [-0.1, -0.05) is 6.07 Å². The molecule has 0 radical (unpaired) electrons. The van der Waals surface area contributed by atoms with Gasteiger partial charge in [0.2, 0.25) is 6.16 Å². The van der Waals surface area contributed by atoms with Gasteiger partial charge in [-0.15, -0.1) is 15.9 Å². The predicted octanol–water partition coefficient (Wildman–Crippen LogP) is 2.56. The molecule has 5 nitrogen and oxygen atoms in total. The summed E-state index contributed by atoms with van der Waals surface area (Å²) in [6, 6.07) is 3.67. The zero-order valence-electron chi connectivity index (χ0n) is 11.3. The molecule has 0 bridgehead atoms. The van der Waals surface area contributed by atoms with Crippen LogP contribution in [0.1, 0.15) is 22.5 Å². The zero-order chi connectivity index (χ0) is 14.5. The molecule has 1 aliphatic heterocycles. The number of hydrogen-bond acceptors (Lipinski definition) is 5. The van der Waals surface area contributed by atoms with E-state index in [4.69, 9.17) is 0 Å². The monoisotopic (exact) mass is 314 g/mol. The second kappa shape index (κ2) is 7.07. The van der Waals surface area contributed by atoms with Crippen molar-refractivity contribution >= 4 is 31.1 Å². The van der Waals surface area contributed by atoms with Crippen LogP contribution in [-0.4, -0.2) is 43.0 Å². The molecular weight excluding hydrogens is 297 g/mol. The van der Waals surface area contributed by atoms with Crippen LogP contribution in [0.15, 0.2) is 17.5 Å². The van der Waals surface area contributed by atoms with Crippen molar-refractivity contribution in [3.8, 4) is 0 Å². The summed E-state index contributed by atoms with van der Waals surface area (Å²) in [4.78, 5) is 26.6. The molecule has 7 heteroatoms. The highest BCUT2D eigenvalue weighted by atomic mass is 32.1. The molecular formula is C13H17NO4PS+. The van der Waals surface area contributed by atoms with Crippen LogP contribution in [0.5, 0.6) is 0 Å². The predicted molar refractivity (Wildman–Crippen MR) is 77.4 cm³/mol. The number of likely N-dealkylation sites (tertiary alicyclic amines) is 1. The Bertz CT molecular complexity index is 494. The molecule has 0 N–H and O–H groups in total. The topological polar surface area (TPSA) is 63.7 Å². The summed E-state index contributed by atoms with van der Waals surface area (Å²) < 4.78 is 15.9. The summed E-state index contributed by atoms with van der Waals surface area (Å²) in [5.74, 6) is -0.0819. The number of ketones is 1. The minimum atomic E-state index is -1.87. The summed E-state index contributed by atoms with van der Waals surface area (Å²) in [5.41, 5.74) is 0. The second-order valence-electron chi connectivity index (χ2n) is 4.68. The lowest BCUT2D eigenvalue weighted by molar-refractivity contribution is -0.121. The van der Waals surface area contributed by atoms with E-state index in [9.17, 15) is 14.2 Å². The van der Waals surface area contributed by atoms with Crippen LogP contribution in [0.4, 0.5) is 0 Å². The first-order chi connectivity index (χ1) is 9.61. The normalized spacial score (nSPS) is 17.1. The van der Waals surface area contributed by atoms with Crippen LogP contribution in [-0.2, 0) is 13.9 Å². The highest BCUT2D eigenvalue weighted by Gasteiger charge is 2.32. The van der Waals surface area contributed by atoms with E-state index in [-0.39, 0.29) is 23.8 Å². The fourth-order valence-electron chi connectivity index (χ4n) is 2.28. The number of thiophene rings is 1. The standard InChI is InChI=1S/C13H17NO4PS/c1-18-19(17)9-11(15)10-4-6-14(7-5-10)13(16)12-3-2-8-20-12/h2-3,8,10H,4-7,9H2,1H3/q+1. The molecule has 20 heavy (non-hydrogen) atoms. The SMILES string of the molecule is CO[P+](=O)CC(=O)C1CCN(C(=O)c2cccs2)CC1. The van der Waals surface area contributed by atoms with Gasteiger partial charge in [0.25, 0.3) is 5.91 Å². The highest BCUT2D eigenvalue weighted by molar-refractivity contribution is 7.40. The molecule has 1 amide bonds. The number of carbonyl (C=O) groups is 2. The van der Waals surface area contributed by atoms with Crippen LogP contribution < -0.4 is 0 Å². The van der Waals surface area contributed by atoms with Gasteiger partial charge in [0.15, 0.2) is 5.78 Å². The minimum Gasteiger partial charge on any atom is -0.338 e. The Morgan fingerprint density at radius 1 is 1.45 bits per heavy atom. The van der Waals surface area contributed by atoms with Crippen molar-refractivity contribution in [3.63, 3.8) is 0 Å². The van der Waals surface area contributed by atoms with Gasteiger partial charge in [-0.3, -0.25) is 9.59 Å². The van der Waals surface area contributed by atoms with Crippen LogP contribution in [0.25, 0.3) is 0 Å². The van der Waals surface area contributed by atoms with Crippen molar-refractivity contribution in [2.45, 2.75) is 12.8 Å². The Balaban J connectivity index is 1.85. The van der Waals surface area contributed by atoms with E-state index in [1.54, 1.807) is 4.90 Å². The molecule has 1 aromatic rings. The van der Waals surface area contributed by atoms with Crippen molar-refractivity contribution in [3.05, 3.63) is 22.4 Å². The summed E-state index contributed by atoms with van der Waals surface area (Å²) in [7, 11) is -0.533. The number of carbonyl (C=O) groups excluding carboxylic acids is 2. The molecule has 2 heterocycles. The van der Waals surface area contributed by atoms with E-state index in [0.717, 1.165) is 4.88 Å². The summed E-state index contributed by atoms with van der Waals surface area (Å²) >= 11 is 1.43. The third-order valence-corrected chi connectivity index (χ3v) is 5.29. The third-order valence-electron chi connectivity index (χ3n) is 3.46. The number of rotatable bonds is 5. The first kappa shape index (κ1) is 15.3. The molecule has 2 rings (SSSR count). The van der Waals surface area contributed by atoms with E-state index in [0.29, 0.717) is 25.9 Å². The van der Waals surface area contributed by atoms with Gasteiger partial charge < -0.3 is 4.90 Å². The molecule has 0 spiro atoms. The third kappa shape index (κ3) is 3.72. The van der Waals surface area contributed by atoms with Crippen LogP contribution in [0, 0.1) is 5.92 Å². The van der Waals surface area contributed by atoms with Gasteiger partial charge in [0.05, 0.1) is 12.0 Å². The number of nitrogens with zero attached hydrogens (tertiary/aromatic N) is 1. The van der Waals surface area contributed by atoms with Crippen molar-refractivity contribution in [1.82, 2.24) is 4.90 Å². The molecule has 1 aromatic heterocycles. The Kier molecular flexibility index (Phi) is 5.40. The van der Waals surface area contributed by atoms with E-state index in [1.807, 2.05) is 17.5 Å². The number of hydrogen-bond donors (Lipinski definition) is 0. The van der Waals surface area contributed by atoms with Gasteiger partial charge in [-0.2, -0.15) is 0 Å². The average molecular weight is 314 g/mol. The number of amides is 1. The van der Waals surface area contributed by atoms with Gasteiger partial charge in [0.1, 0.15) is 0 Å². The molecule has 1 aliphatic rings. The Morgan fingerprint density at radius 2 is 2.15 bits per heavy atom. The fraction of sp³-hybridized carbons (Fsp3) is 0.538. The van der Waals surface area contributed by atoms with Crippen LogP contribution in [0.3, 0.4) is 0 Å². The van der Waals surface area contributed by atoms with Crippen LogP contribution >= 0.6 is 19.4 Å². The van der Waals surface area contributed by atoms with E-state index >= 15 is 0 Å². The van der Waals surface area contributed by atoms with Crippen LogP contribution in [0.2, 0.25) is 0 Å². The van der Waals surface area contributed by atoms with Crippen molar-refractivity contribution < 1.29 is 18.7 Å². The average Bonchev–Trinajstić information content (AvgIpc) is 3.00. The highest BCUT2D eigenvalue weighted by Crippen LogP contribution is 2.26. The lowest BCUT2D eigenvalue weighted by Gasteiger charge is -2.30. The lowest BCUT2D eigenvalue weighted by atomic mass is 9.93. The number of Topliss-reactive ketones (excluding diaryl/α,β-unsaturated/α-hetero) is 1. The minimum absolute atomic E-state index is 0.0174. The Labute approximate surface area is 122 Å². The maximum atomic E-state index is 12.1. The smallest absolute Gasteiger partial charge is 0.338 e. The van der Waals surface area contributed by atoms with Gasteiger partial charge in [0, 0.05) is 19.0 Å². The molecule has 1 saturated heterocycles. The van der Waals surface area contributed by atoms with Gasteiger partial charge in [-0.05, 0) is 28.9 Å². The zero-order valence-corrected chi connectivity index (χ0v) is 13.0. The quantitative estimate of drug-likeness (QED) is 0.784. The maximum Gasteiger partial charge on any atom is 0.515 e. The molecule has 1 unspecified atom stereocenters. The molecule has 1 atom stereocenters. The first-order valence-electron chi connectivity index (χ1n) is 6.46. The lowest BCUT2D eigenvalue weighted by Crippen LogP contribution is -2.40. The maximum absolute atomic E-state index is 12.1. The largest absolute Gasteiger partial charge is 0.515 e. The van der Waals surface area contributed by atoms with Crippen molar-refractivity contribution in [2.75, 3.05) is 26.4 Å².